The number of nitrogens with one attached hydrogen (secondary N) is 1. The molecule has 94 valence electrons. The second kappa shape index (κ2) is 5.28. The van der Waals surface area contributed by atoms with Gasteiger partial charge in [0.05, 0.1) is 5.60 Å². The lowest BCUT2D eigenvalue weighted by atomic mass is 9.79. The fourth-order valence-electron chi connectivity index (χ4n) is 2.80. The second-order valence-corrected chi connectivity index (χ2v) is 6.98. The number of hydrogen-bond donors (Lipinski definition) is 2. The Hall–Kier alpha value is 0.270. The highest BCUT2D eigenvalue weighted by Crippen LogP contribution is 2.31. The summed E-state index contributed by atoms with van der Waals surface area (Å²) >= 11 is 1.88. The van der Waals surface area contributed by atoms with E-state index in [2.05, 4.69) is 19.2 Å². The Balaban J connectivity index is 1.74. The summed E-state index contributed by atoms with van der Waals surface area (Å²) in [6.07, 6.45) is 4.87. The minimum atomic E-state index is -0.420. The van der Waals surface area contributed by atoms with Gasteiger partial charge in [0.15, 0.2) is 0 Å². The summed E-state index contributed by atoms with van der Waals surface area (Å²) < 4.78 is 0. The van der Waals surface area contributed by atoms with Crippen LogP contribution in [0, 0.1) is 11.8 Å². The molecule has 0 amide bonds. The third-order valence-electron chi connectivity index (χ3n) is 4.40. The average Bonchev–Trinajstić information content (AvgIpc) is 2.68. The van der Waals surface area contributed by atoms with Gasteiger partial charge in [-0.15, -0.1) is 0 Å². The minimum absolute atomic E-state index is 0.420. The summed E-state index contributed by atoms with van der Waals surface area (Å²) in [6.45, 7) is 5.52. The Morgan fingerprint density at radius 3 is 2.75 bits per heavy atom. The van der Waals surface area contributed by atoms with Crippen LogP contribution in [0.1, 0.15) is 39.5 Å². The lowest BCUT2D eigenvalue weighted by molar-refractivity contribution is 0.0603. The Morgan fingerprint density at radius 1 is 1.31 bits per heavy atom. The molecule has 0 aromatic carbocycles. The van der Waals surface area contributed by atoms with E-state index >= 15 is 0 Å². The molecular formula is C13H25NOS. The molecule has 1 heterocycles. The zero-order valence-corrected chi connectivity index (χ0v) is 11.4. The molecule has 16 heavy (non-hydrogen) atoms. The Kier molecular flexibility index (Phi) is 4.20. The molecule has 0 aromatic heterocycles. The third-order valence-corrected chi connectivity index (χ3v) is 5.63. The van der Waals surface area contributed by atoms with Crippen molar-refractivity contribution in [2.75, 3.05) is 18.1 Å². The van der Waals surface area contributed by atoms with E-state index in [4.69, 9.17) is 0 Å². The summed E-state index contributed by atoms with van der Waals surface area (Å²) in [7, 11) is 0. The average molecular weight is 243 g/mol. The summed E-state index contributed by atoms with van der Waals surface area (Å²) in [5, 5.41) is 13.8. The first-order valence-corrected chi connectivity index (χ1v) is 7.78. The van der Waals surface area contributed by atoms with Crippen LogP contribution in [0.25, 0.3) is 0 Å². The molecule has 3 heteroatoms. The van der Waals surface area contributed by atoms with Crippen LogP contribution in [0.15, 0.2) is 0 Å². The van der Waals surface area contributed by atoms with Crippen molar-refractivity contribution >= 4 is 11.8 Å². The van der Waals surface area contributed by atoms with E-state index in [0.29, 0.717) is 6.04 Å². The van der Waals surface area contributed by atoms with Gasteiger partial charge in [0, 0.05) is 18.3 Å². The SMILES string of the molecule is CC1CCC(NCC2(O)CCSC2)CC1C. The van der Waals surface area contributed by atoms with Gasteiger partial charge in [0.1, 0.15) is 0 Å². The summed E-state index contributed by atoms with van der Waals surface area (Å²) in [5.74, 6) is 3.75. The van der Waals surface area contributed by atoms with E-state index in [-0.39, 0.29) is 0 Å². The van der Waals surface area contributed by atoms with Gasteiger partial charge in [-0.3, -0.25) is 0 Å². The van der Waals surface area contributed by atoms with Gasteiger partial charge >= 0.3 is 0 Å². The Morgan fingerprint density at radius 2 is 2.12 bits per heavy atom. The molecule has 2 nitrogen and oxygen atoms in total. The van der Waals surface area contributed by atoms with E-state index < -0.39 is 5.60 Å². The van der Waals surface area contributed by atoms with Crippen molar-refractivity contribution in [2.24, 2.45) is 11.8 Å². The van der Waals surface area contributed by atoms with E-state index in [9.17, 15) is 5.11 Å². The molecule has 0 spiro atoms. The second-order valence-electron chi connectivity index (χ2n) is 5.87. The van der Waals surface area contributed by atoms with Crippen LogP contribution >= 0.6 is 11.8 Å². The molecule has 1 saturated carbocycles. The van der Waals surface area contributed by atoms with Crippen molar-refractivity contribution in [3.05, 3.63) is 0 Å². The van der Waals surface area contributed by atoms with Crippen molar-refractivity contribution in [3.8, 4) is 0 Å². The molecule has 1 aliphatic heterocycles. The maximum Gasteiger partial charge on any atom is 0.0869 e. The standard InChI is InChI=1S/C13H25NOS/c1-10-3-4-12(7-11(10)2)14-8-13(15)5-6-16-9-13/h10-12,14-15H,3-9H2,1-2H3. The molecule has 1 saturated heterocycles. The van der Waals surface area contributed by atoms with Gasteiger partial charge in [-0.05, 0) is 43.3 Å². The normalized spacial score (nSPS) is 44.8. The van der Waals surface area contributed by atoms with Crippen molar-refractivity contribution in [1.82, 2.24) is 5.32 Å². The highest BCUT2D eigenvalue weighted by Gasteiger charge is 2.33. The summed E-state index contributed by atoms with van der Waals surface area (Å²) in [5.41, 5.74) is -0.420. The molecule has 0 bridgehead atoms. The summed E-state index contributed by atoms with van der Waals surface area (Å²) in [4.78, 5) is 0. The number of thioether (sulfide) groups is 1. The quantitative estimate of drug-likeness (QED) is 0.797. The smallest absolute Gasteiger partial charge is 0.0869 e. The molecule has 2 rings (SSSR count). The van der Waals surface area contributed by atoms with Crippen LogP contribution in [0.2, 0.25) is 0 Å². The lowest BCUT2D eigenvalue weighted by Crippen LogP contribution is -2.46. The first-order chi connectivity index (χ1) is 7.59. The predicted octanol–water partition coefficient (Wildman–Crippen LogP) is 2.27. The predicted molar refractivity (Wildman–Crippen MR) is 70.9 cm³/mol. The van der Waals surface area contributed by atoms with Gasteiger partial charge in [-0.1, -0.05) is 13.8 Å². The maximum absolute atomic E-state index is 10.3. The third kappa shape index (κ3) is 3.14. The molecule has 4 atom stereocenters. The molecular weight excluding hydrogens is 218 g/mol. The molecule has 0 radical (unpaired) electrons. The number of aliphatic hydroxyl groups is 1. The van der Waals surface area contributed by atoms with Crippen LogP contribution in [-0.2, 0) is 0 Å². The zero-order chi connectivity index (χ0) is 11.6. The van der Waals surface area contributed by atoms with E-state index in [1.165, 1.54) is 19.3 Å². The number of hydrogen-bond acceptors (Lipinski definition) is 3. The van der Waals surface area contributed by atoms with Gasteiger partial charge in [-0.2, -0.15) is 11.8 Å². The van der Waals surface area contributed by atoms with Crippen LogP contribution in [0.3, 0.4) is 0 Å². The molecule has 0 aromatic rings. The first kappa shape index (κ1) is 12.7. The number of rotatable bonds is 3. The Labute approximate surface area is 104 Å². The van der Waals surface area contributed by atoms with Crippen LogP contribution in [0.5, 0.6) is 0 Å². The van der Waals surface area contributed by atoms with E-state index in [1.807, 2.05) is 11.8 Å². The minimum Gasteiger partial charge on any atom is -0.388 e. The fourth-order valence-corrected chi connectivity index (χ4v) is 4.10. The lowest BCUT2D eigenvalue weighted by Gasteiger charge is -2.34. The van der Waals surface area contributed by atoms with Crippen molar-refractivity contribution in [3.63, 3.8) is 0 Å². The van der Waals surface area contributed by atoms with Crippen molar-refractivity contribution in [2.45, 2.75) is 51.2 Å². The van der Waals surface area contributed by atoms with Crippen LogP contribution in [-0.4, -0.2) is 34.8 Å². The van der Waals surface area contributed by atoms with Gasteiger partial charge < -0.3 is 10.4 Å². The van der Waals surface area contributed by atoms with Crippen molar-refractivity contribution < 1.29 is 5.11 Å². The molecule has 1 aliphatic carbocycles. The van der Waals surface area contributed by atoms with Crippen molar-refractivity contribution in [1.29, 1.82) is 0 Å². The topological polar surface area (TPSA) is 32.3 Å². The first-order valence-electron chi connectivity index (χ1n) is 6.62. The highest BCUT2D eigenvalue weighted by molar-refractivity contribution is 7.99. The van der Waals surface area contributed by atoms with Crippen LogP contribution < -0.4 is 5.32 Å². The fraction of sp³-hybridized carbons (Fsp3) is 1.00. The largest absolute Gasteiger partial charge is 0.388 e. The van der Waals surface area contributed by atoms with Gasteiger partial charge in [-0.25, -0.2) is 0 Å². The van der Waals surface area contributed by atoms with E-state index in [1.54, 1.807) is 0 Å². The maximum atomic E-state index is 10.3. The molecule has 4 unspecified atom stereocenters. The van der Waals surface area contributed by atoms with E-state index in [0.717, 1.165) is 36.3 Å². The molecule has 2 N–H and O–H groups in total. The highest BCUT2D eigenvalue weighted by atomic mass is 32.2. The zero-order valence-electron chi connectivity index (χ0n) is 10.5. The Bertz CT molecular complexity index is 228. The molecule has 2 fully saturated rings. The van der Waals surface area contributed by atoms with Gasteiger partial charge in [0.25, 0.3) is 0 Å². The van der Waals surface area contributed by atoms with Gasteiger partial charge in [0.2, 0.25) is 0 Å². The monoisotopic (exact) mass is 243 g/mol. The molecule has 2 aliphatic rings. The van der Waals surface area contributed by atoms with Crippen LogP contribution in [0.4, 0.5) is 0 Å². The summed E-state index contributed by atoms with van der Waals surface area (Å²) in [6, 6.07) is 0.640.